The van der Waals surface area contributed by atoms with Crippen molar-refractivity contribution in [2.75, 3.05) is 60.0 Å². The molecule has 0 aliphatic carbocycles. The average molecular weight is 349 g/mol. The first-order valence-electron chi connectivity index (χ1n) is 6.20. The van der Waals surface area contributed by atoms with Gasteiger partial charge in [-0.25, -0.2) is 0 Å². The molecule has 6 heteroatoms. The van der Waals surface area contributed by atoms with Crippen molar-refractivity contribution in [1.82, 2.24) is 0 Å². The van der Waals surface area contributed by atoms with E-state index in [1.807, 2.05) is 13.6 Å². The summed E-state index contributed by atoms with van der Waals surface area (Å²) in [7, 11) is 3.32. The summed E-state index contributed by atoms with van der Waals surface area (Å²) in [5.74, 6) is 0. The van der Waals surface area contributed by atoms with E-state index in [4.69, 9.17) is 0 Å². The molecule has 1 aliphatic rings. The standard InChI is InChI=1S/C12H27P3Si3/c1-13(2,3)10-16-11(14(4,5)6)18-12(17-10)15(7,8)9/h1-9H3. The van der Waals surface area contributed by atoms with E-state index in [2.05, 4.69) is 60.0 Å². The molecular formula is C12H27P3Si3. The molecule has 0 unspecified atom stereocenters. The highest BCUT2D eigenvalue weighted by Crippen LogP contribution is 2.42. The first-order valence-corrected chi connectivity index (χ1v) is 18.6. The van der Waals surface area contributed by atoms with Crippen molar-refractivity contribution in [1.29, 1.82) is 0 Å². The van der Waals surface area contributed by atoms with Crippen molar-refractivity contribution in [3.05, 3.63) is 0 Å². The molecule has 0 aromatic heterocycles. The molecule has 0 amide bonds. The van der Waals surface area contributed by atoms with Crippen LogP contribution in [0.4, 0.5) is 0 Å². The van der Waals surface area contributed by atoms with Crippen LogP contribution in [0.25, 0.3) is 0 Å². The van der Waals surface area contributed by atoms with E-state index in [1.165, 1.54) is 0 Å². The molecule has 0 N–H and O–H groups in total. The van der Waals surface area contributed by atoms with E-state index >= 15 is 0 Å². The second-order valence-corrected chi connectivity index (χ2v) is 28.6. The maximum atomic E-state index is 2.52. The van der Waals surface area contributed by atoms with Gasteiger partial charge in [0.15, 0.2) is 0 Å². The van der Waals surface area contributed by atoms with Crippen molar-refractivity contribution in [2.24, 2.45) is 0 Å². The molecule has 102 valence electrons. The molecule has 6 radical (unpaired) electrons. The van der Waals surface area contributed by atoms with E-state index in [9.17, 15) is 0 Å². The molecule has 0 spiro atoms. The van der Waals surface area contributed by atoms with Crippen LogP contribution < -0.4 is 0 Å². The van der Waals surface area contributed by atoms with Gasteiger partial charge in [0.25, 0.3) is 0 Å². The third-order valence-corrected chi connectivity index (χ3v) is 24.5. The van der Waals surface area contributed by atoms with Crippen LogP contribution in [0.5, 0.6) is 0 Å². The van der Waals surface area contributed by atoms with Crippen molar-refractivity contribution < 1.29 is 0 Å². The lowest BCUT2D eigenvalue weighted by atomic mass is 11.7. The third kappa shape index (κ3) is 4.83. The molecular weight excluding hydrogens is 321 g/mol. The Kier molecular flexibility index (Phi) is 5.61. The normalized spacial score (nSPS) is 19.5. The van der Waals surface area contributed by atoms with Gasteiger partial charge < -0.3 is 0 Å². The highest BCUT2D eigenvalue weighted by Gasteiger charge is 2.26. The lowest BCUT2D eigenvalue weighted by molar-refractivity contribution is 2.10. The van der Waals surface area contributed by atoms with Gasteiger partial charge in [-0.2, -0.15) is 0 Å². The monoisotopic (exact) mass is 348 g/mol. The van der Waals surface area contributed by atoms with Gasteiger partial charge in [0.05, 0.1) is 28.6 Å². The van der Waals surface area contributed by atoms with Gasteiger partial charge in [0, 0.05) is 0 Å². The summed E-state index contributed by atoms with van der Waals surface area (Å²) < 4.78 is 5.86. The lowest BCUT2D eigenvalue weighted by Gasteiger charge is -2.32. The summed E-state index contributed by atoms with van der Waals surface area (Å²) in [5.41, 5.74) is 0. The molecule has 1 fully saturated rings. The van der Waals surface area contributed by atoms with Crippen molar-refractivity contribution in [3.8, 4) is 0 Å². The maximum absolute atomic E-state index is 2.52. The van der Waals surface area contributed by atoms with E-state index in [1.54, 1.807) is 0 Å². The van der Waals surface area contributed by atoms with Gasteiger partial charge in [-0.05, 0) is 60.0 Å². The second-order valence-electron chi connectivity index (χ2n) is 7.46. The smallest absolute Gasteiger partial charge is 0.0996 e. The topological polar surface area (TPSA) is 0 Å². The Morgan fingerprint density at radius 1 is 0.444 bits per heavy atom. The third-order valence-electron chi connectivity index (χ3n) is 2.72. The highest BCUT2D eigenvalue weighted by molar-refractivity contribution is 7.96. The summed E-state index contributed by atoms with van der Waals surface area (Å²) in [6.45, 7) is 20.4. The maximum Gasteiger partial charge on any atom is 0.0996 e. The molecule has 0 bridgehead atoms. The highest BCUT2D eigenvalue weighted by atomic mass is 31.2. The van der Waals surface area contributed by atoms with Crippen LogP contribution >= 0.6 is 20.7 Å². The first kappa shape index (κ1) is 17.6. The van der Waals surface area contributed by atoms with E-state index in [0.29, 0.717) is 0 Å². The molecule has 18 heavy (non-hydrogen) atoms. The molecule has 0 nitrogen and oxygen atoms in total. The largest absolute Gasteiger partial charge is 0.122 e. The minimum atomic E-state index is -0.765. The molecule has 0 aromatic carbocycles. The van der Waals surface area contributed by atoms with Crippen LogP contribution in [0.1, 0.15) is 0 Å². The van der Waals surface area contributed by atoms with Crippen molar-refractivity contribution in [2.45, 2.75) is 0 Å². The van der Waals surface area contributed by atoms with Gasteiger partial charge >= 0.3 is 0 Å². The minimum Gasteiger partial charge on any atom is -0.122 e. The van der Waals surface area contributed by atoms with Gasteiger partial charge in [-0.3, -0.25) is 0 Å². The number of hydrogen-bond acceptors (Lipinski definition) is 0. The van der Waals surface area contributed by atoms with E-state index in [0.717, 1.165) is 28.6 Å². The fraction of sp³-hybridized carbons (Fsp3) is 0.750. The van der Waals surface area contributed by atoms with E-state index in [-0.39, 0.29) is 0 Å². The fourth-order valence-corrected chi connectivity index (χ4v) is 19.0. The summed E-state index contributed by atoms with van der Waals surface area (Å²) in [5, 5.41) is 0. The summed E-state index contributed by atoms with van der Waals surface area (Å²) in [6.07, 6.45) is 0. The first-order chi connectivity index (χ1) is 7.82. The zero-order valence-electron chi connectivity index (χ0n) is 13.3. The summed E-state index contributed by atoms with van der Waals surface area (Å²) in [4.78, 5) is 0. The molecule has 1 heterocycles. The minimum absolute atomic E-state index is 0.765. The Bertz CT molecular complexity index is 398. The van der Waals surface area contributed by atoms with Crippen LogP contribution in [-0.2, 0) is 0 Å². The zero-order chi connectivity index (χ0) is 14.4. The van der Waals surface area contributed by atoms with Gasteiger partial charge in [-0.15, -0.1) is 20.7 Å². The van der Waals surface area contributed by atoms with E-state index < -0.39 is 20.7 Å². The Morgan fingerprint density at radius 3 is 0.722 bits per heavy atom. The molecule has 0 saturated carbocycles. The number of hydrogen-bond donors (Lipinski definition) is 0. The van der Waals surface area contributed by atoms with Crippen LogP contribution in [0, 0.1) is 0 Å². The average Bonchev–Trinajstić information content (AvgIpc) is 2.13. The molecule has 1 rings (SSSR count). The van der Waals surface area contributed by atoms with Crippen LogP contribution in [-0.4, -0.2) is 102 Å². The van der Waals surface area contributed by atoms with Crippen LogP contribution in [0.3, 0.4) is 0 Å². The number of rotatable bonds is 0. The quantitative estimate of drug-likeness (QED) is 0.465. The Hall–Kier alpha value is 1.55. The SMILES string of the molecule is CP(C)(C)=C1[Si]C(=P(C)(C)C)[Si]C(=P(C)(C)C)[Si]1. The predicted octanol–water partition coefficient (Wildman–Crippen LogP) is 2.10. The summed E-state index contributed by atoms with van der Waals surface area (Å²) >= 11 is 0. The Morgan fingerprint density at radius 2 is 0.611 bits per heavy atom. The molecule has 0 atom stereocenters. The van der Waals surface area contributed by atoms with Crippen LogP contribution in [0.2, 0.25) is 0 Å². The van der Waals surface area contributed by atoms with Crippen molar-refractivity contribution in [3.63, 3.8) is 0 Å². The predicted molar refractivity (Wildman–Crippen MR) is 106 cm³/mol. The van der Waals surface area contributed by atoms with Crippen molar-refractivity contribution >= 4 is 62.8 Å². The Balaban J connectivity index is 3.47. The molecule has 0 aromatic rings. The second kappa shape index (κ2) is 5.74. The molecule has 1 aliphatic heterocycles. The van der Waals surface area contributed by atoms with Gasteiger partial charge in [0.2, 0.25) is 0 Å². The Labute approximate surface area is 122 Å². The van der Waals surface area contributed by atoms with Gasteiger partial charge in [0.1, 0.15) is 0 Å². The molecule has 1 saturated heterocycles. The zero-order valence-corrected chi connectivity index (χ0v) is 19.0. The fourth-order valence-electron chi connectivity index (χ4n) is 1.44. The van der Waals surface area contributed by atoms with Gasteiger partial charge in [-0.1, -0.05) is 13.6 Å². The van der Waals surface area contributed by atoms with Crippen LogP contribution in [0.15, 0.2) is 0 Å². The summed E-state index contributed by atoms with van der Waals surface area (Å²) in [6, 6.07) is 0. The lowest BCUT2D eigenvalue weighted by Crippen LogP contribution is -2.46.